The molecule has 0 aliphatic heterocycles. The van der Waals surface area contributed by atoms with Crippen molar-refractivity contribution >= 4 is 27.3 Å². The normalized spacial score (nSPS) is 11.3. The van der Waals surface area contributed by atoms with Gasteiger partial charge in [-0.2, -0.15) is 0 Å². The topological polar surface area (TPSA) is 81.7 Å². The molecule has 1 aromatic rings. The highest BCUT2D eigenvalue weighted by Gasteiger charge is 2.24. The fourth-order valence-corrected chi connectivity index (χ4v) is 3.67. The number of nitrogens with one attached hydrogen (secondary N) is 1. The summed E-state index contributed by atoms with van der Waals surface area (Å²) in [6.45, 7) is 6.21. The van der Waals surface area contributed by atoms with E-state index in [0.717, 1.165) is 16.9 Å². The van der Waals surface area contributed by atoms with Crippen molar-refractivity contribution in [3.8, 4) is 0 Å². The summed E-state index contributed by atoms with van der Waals surface area (Å²) in [5.74, 6) is -0.668. The van der Waals surface area contributed by atoms with Gasteiger partial charge in [0.05, 0.1) is 20.3 Å². The second-order valence-corrected chi connectivity index (χ2v) is 6.66. The van der Waals surface area contributed by atoms with Crippen LogP contribution in [-0.4, -0.2) is 41.3 Å². The SMILES string of the molecule is C=C(C)COCCNS(=O)(=O)c1ccsc1C(=O)OC. The van der Waals surface area contributed by atoms with Crippen molar-refractivity contribution in [2.45, 2.75) is 11.8 Å². The lowest BCUT2D eigenvalue weighted by Gasteiger charge is -2.07. The molecule has 0 atom stereocenters. The number of carbonyl (C=O) groups excluding carboxylic acids is 1. The smallest absolute Gasteiger partial charge is 0.349 e. The molecule has 0 aromatic carbocycles. The van der Waals surface area contributed by atoms with Crippen molar-refractivity contribution in [1.29, 1.82) is 0 Å². The fraction of sp³-hybridized carbons (Fsp3) is 0.417. The van der Waals surface area contributed by atoms with Gasteiger partial charge in [-0.25, -0.2) is 17.9 Å². The minimum Gasteiger partial charge on any atom is -0.465 e. The van der Waals surface area contributed by atoms with Gasteiger partial charge in [-0.1, -0.05) is 12.2 Å². The molecule has 20 heavy (non-hydrogen) atoms. The van der Waals surface area contributed by atoms with E-state index in [9.17, 15) is 13.2 Å². The summed E-state index contributed by atoms with van der Waals surface area (Å²) in [7, 11) is -2.54. The number of thiophene rings is 1. The van der Waals surface area contributed by atoms with Gasteiger partial charge in [-0.3, -0.25) is 0 Å². The Morgan fingerprint density at radius 1 is 1.50 bits per heavy atom. The summed E-state index contributed by atoms with van der Waals surface area (Å²) in [6.07, 6.45) is 0. The van der Waals surface area contributed by atoms with Gasteiger partial charge in [0, 0.05) is 6.54 Å². The molecule has 0 bridgehead atoms. The highest BCUT2D eigenvalue weighted by molar-refractivity contribution is 7.89. The van der Waals surface area contributed by atoms with Crippen LogP contribution in [0.15, 0.2) is 28.5 Å². The van der Waals surface area contributed by atoms with Crippen molar-refractivity contribution in [2.75, 3.05) is 26.9 Å². The zero-order valence-corrected chi connectivity index (χ0v) is 13.0. The predicted octanol–water partition coefficient (Wildman–Crippen LogP) is 1.41. The molecule has 1 heterocycles. The Kier molecular flexibility index (Phi) is 6.34. The minimum absolute atomic E-state index is 0.0582. The first-order chi connectivity index (χ1) is 9.38. The molecule has 0 aliphatic carbocycles. The van der Waals surface area contributed by atoms with Crippen LogP contribution in [0.5, 0.6) is 0 Å². The number of carbonyl (C=O) groups is 1. The van der Waals surface area contributed by atoms with Crippen LogP contribution in [0.2, 0.25) is 0 Å². The third kappa shape index (κ3) is 4.71. The molecule has 0 radical (unpaired) electrons. The van der Waals surface area contributed by atoms with Gasteiger partial charge in [-0.15, -0.1) is 11.3 Å². The molecule has 0 saturated carbocycles. The molecular weight excluding hydrogens is 302 g/mol. The van der Waals surface area contributed by atoms with E-state index in [1.807, 2.05) is 6.92 Å². The van der Waals surface area contributed by atoms with E-state index in [1.165, 1.54) is 18.6 Å². The Labute approximate surface area is 122 Å². The average molecular weight is 319 g/mol. The molecule has 0 unspecified atom stereocenters. The van der Waals surface area contributed by atoms with Crippen molar-refractivity contribution < 1.29 is 22.7 Å². The molecule has 0 amide bonds. The number of sulfonamides is 1. The number of hydrogen-bond acceptors (Lipinski definition) is 6. The maximum atomic E-state index is 12.0. The number of hydrogen-bond donors (Lipinski definition) is 1. The van der Waals surface area contributed by atoms with E-state index in [4.69, 9.17) is 4.74 Å². The van der Waals surface area contributed by atoms with Crippen molar-refractivity contribution in [3.63, 3.8) is 0 Å². The Hall–Kier alpha value is -1.22. The summed E-state index contributed by atoms with van der Waals surface area (Å²) < 4.78 is 36.2. The summed E-state index contributed by atoms with van der Waals surface area (Å²) in [5.41, 5.74) is 0.860. The Morgan fingerprint density at radius 3 is 2.80 bits per heavy atom. The van der Waals surface area contributed by atoms with Gasteiger partial charge in [0.15, 0.2) is 0 Å². The minimum atomic E-state index is -3.75. The lowest BCUT2D eigenvalue weighted by Crippen LogP contribution is -2.28. The summed E-state index contributed by atoms with van der Waals surface area (Å²) in [4.78, 5) is 11.4. The largest absolute Gasteiger partial charge is 0.465 e. The second-order valence-electron chi connectivity index (χ2n) is 4.01. The monoisotopic (exact) mass is 319 g/mol. The van der Waals surface area contributed by atoms with E-state index >= 15 is 0 Å². The number of rotatable bonds is 8. The fourth-order valence-electron chi connectivity index (χ4n) is 1.32. The van der Waals surface area contributed by atoms with Gasteiger partial charge in [0.1, 0.15) is 9.77 Å². The van der Waals surface area contributed by atoms with E-state index in [-0.39, 0.29) is 22.9 Å². The molecule has 1 rings (SSSR count). The summed E-state index contributed by atoms with van der Waals surface area (Å²) >= 11 is 1.02. The lowest BCUT2D eigenvalue weighted by atomic mass is 10.4. The van der Waals surface area contributed by atoms with Gasteiger partial charge >= 0.3 is 5.97 Å². The van der Waals surface area contributed by atoms with E-state index < -0.39 is 16.0 Å². The molecule has 1 aromatic heterocycles. The Bertz CT molecular complexity index is 576. The predicted molar refractivity (Wildman–Crippen MR) is 76.5 cm³/mol. The summed E-state index contributed by atoms with van der Waals surface area (Å²) in [6, 6.07) is 1.37. The highest BCUT2D eigenvalue weighted by atomic mass is 32.2. The van der Waals surface area contributed by atoms with Gasteiger partial charge in [0.2, 0.25) is 10.0 Å². The molecule has 1 N–H and O–H groups in total. The molecule has 0 spiro atoms. The third-order valence-corrected chi connectivity index (χ3v) is 4.70. The molecule has 0 fully saturated rings. The average Bonchev–Trinajstić information content (AvgIpc) is 2.87. The van der Waals surface area contributed by atoms with Crippen LogP contribution >= 0.6 is 11.3 Å². The third-order valence-electron chi connectivity index (χ3n) is 2.18. The van der Waals surface area contributed by atoms with E-state index in [0.29, 0.717) is 6.61 Å². The molecule has 6 nitrogen and oxygen atoms in total. The molecule has 0 aliphatic rings. The van der Waals surface area contributed by atoms with Crippen LogP contribution in [-0.2, 0) is 19.5 Å². The van der Waals surface area contributed by atoms with E-state index in [1.54, 1.807) is 0 Å². The molecule has 0 saturated heterocycles. The zero-order valence-electron chi connectivity index (χ0n) is 11.3. The van der Waals surface area contributed by atoms with Crippen LogP contribution < -0.4 is 4.72 Å². The van der Waals surface area contributed by atoms with E-state index in [2.05, 4.69) is 16.0 Å². The Balaban J connectivity index is 2.63. The number of methoxy groups -OCH3 is 1. The quantitative estimate of drug-likeness (QED) is 0.445. The van der Waals surface area contributed by atoms with Crippen LogP contribution in [0.3, 0.4) is 0 Å². The van der Waals surface area contributed by atoms with Crippen molar-refractivity contribution in [1.82, 2.24) is 4.72 Å². The maximum absolute atomic E-state index is 12.0. The maximum Gasteiger partial charge on any atom is 0.349 e. The number of ether oxygens (including phenoxy) is 2. The van der Waals surface area contributed by atoms with Crippen molar-refractivity contribution in [2.24, 2.45) is 0 Å². The van der Waals surface area contributed by atoms with Crippen LogP contribution in [0.25, 0.3) is 0 Å². The molecule has 112 valence electrons. The first kappa shape index (κ1) is 16.8. The van der Waals surface area contributed by atoms with Crippen LogP contribution in [0, 0.1) is 0 Å². The molecule has 8 heteroatoms. The Morgan fingerprint density at radius 2 is 2.20 bits per heavy atom. The molecular formula is C12H17NO5S2. The summed E-state index contributed by atoms with van der Waals surface area (Å²) in [5, 5.41) is 1.53. The zero-order chi connectivity index (χ0) is 15.2. The van der Waals surface area contributed by atoms with Crippen LogP contribution in [0.1, 0.15) is 16.6 Å². The van der Waals surface area contributed by atoms with Crippen molar-refractivity contribution in [3.05, 3.63) is 28.5 Å². The van der Waals surface area contributed by atoms with Crippen LogP contribution in [0.4, 0.5) is 0 Å². The lowest BCUT2D eigenvalue weighted by molar-refractivity contribution is 0.0602. The standard InChI is InChI=1S/C12H17NO5S2/c1-9(2)8-18-6-5-13-20(15,16)10-4-7-19-11(10)12(14)17-3/h4,7,13H,1,5-6,8H2,2-3H3. The first-order valence-corrected chi connectivity index (χ1v) is 8.12. The van der Waals surface area contributed by atoms with Gasteiger partial charge < -0.3 is 9.47 Å². The second kappa shape index (κ2) is 7.53. The first-order valence-electron chi connectivity index (χ1n) is 5.76. The van der Waals surface area contributed by atoms with Gasteiger partial charge in [-0.05, 0) is 18.4 Å². The highest BCUT2D eigenvalue weighted by Crippen LogP contribution is 2.22. The van der Waals surface area contributed by atoms with Gasteiger partial charge in [0.25, 0.3) is 0 Å². The number of esters is 1.